The van der Waals surface area contributed by atoms with Gasteiger partial charge in [0.1, 0.15) is 17.3 Å². The number of hydrogen-bond acceptors (Lipinski definition) is 3. The van der Waals surface area contributed by atoms with E-state index in [0.29, 0.717) is 23.8 Å². The third-order valence-electron chi connectivity index (χ3n) is 4.99. The molecular weight excluding hydrogens is 403 g/mol. The van der Waals surface area contributed by atoms with Crippen LogP contribution in [0.5, 0.6) is 5.75 Å². The first-order valence-corrected chi connectivity index (χ1v) is 9.64. The zero-order valence-corrected chi connectivity index (χ0v) is 16.4. The Balaban J connectivity index is 1.95. The molecule has 0 fully saturated rings. The molecule has 1 aliphatic heterocycles. The molecule has 1 N–H and O–H groups in total. The van der Waals surface area contributed by atoms with Gasteiger partial charge in [0, 0.05) is 17.7 Å². The Kier molecular flexibility index (Phi) is 5.17. The Morgan fingerprint density at radius 2 is 1.93 bits per heavy atom. The molecule has 29 heavy (non-hydrogen) atoms. The van der Waals surface area contributed by atoms with E-state index in [0.717, 1.165) is 42.5 Å². The van der Waals surface area contributed by atoms with E-state index < -0.39 is 11.7 Å². The van der Waals surface area contributed by atoms with E-state index in [1.54, 1.807) is 7.11 Å². The molecule has 2 heterocycles. The number of nitrogens with one attached hydrogen (secondary N) is 1. The molecule has 4 rings (SSSR count). The van der Waals surface area contributed by atoms with Crippen molar-refractivity contribution < 1.29 is 17.9 Å². The van der Waals surface area contributed by atoms with Crippen LogP contribution in [0.4, 0.5) is 19.0 Å². The van der Waals surface area contributed by atoms with Crippen molar-refractivity contribution in [1.82, 2.24) is 9.78 Å². The Morgan fingerprint density at radius 1 is 1.14 bits per heavy atom. The highest BCUT2D eigenvalue weighted by atomic mass is 35.5. The van der Waals surface area contributed by atoms with Crippen LogP contribution < -0.4 is 10.1 Å². The maximum atomic E-state index is 13.3. The number of alkyl halides is 3. The standard InChI is InChI=1S/C21H19ClF3N3O/c1-29-18-8-3-2-6-14(18)19-15-7-4-5-11-26-20(15)28(27-19)17-12-13(21(23,24)25)9-10-16(17)22/h2-3,6,8-10,12,26H,4-5,7,11H2,1H3. The summed E-state index contributed by atoms with van der Waals surface area (Å²) >= 11 is 6.30. The molecular formula is C21H19ClF3N3O. The van der Waals surface area contributed by atoms with Crippen LogP contribution in [0, 0.1) is 0 Å². The number of fused-ring (bicyclic) bond motifs is 1. The van der Waals surface area contributed by atoms with Crippen LogP contribution in [0.15, 0.2) is 42.5 Å². The molecule has 2 aromatic carbocycles. The fourth-order valence-electron chi connectivity index (χ4n) is 3.58. The van der Waals surface area contributed by atoms with Gasteiger partial charge in [-0.3, -0.25) is 0 Å². The highest BCUT2D eigenvalue weighted by molar-refractivity contribution is 6.32. The summed E-state index contributed by atoms with van der Waals surface area (Å²) in [6.07, 6.45) is -1.81. The molecule has 1 aliphatic rings. The summed E-state index contributed by atoms with van der Waals surface area (Å²) in [4.78, 5) is 0. The van der Waals surface area contributed by atoms with E-state index >= 15 is 0 Å². The van der Waals surface area contributed by atoms with Gasteiger partial charge < -0.3 is 10.1 Å². The molecule has 0 atom stereocenters. The topological polar surface area (TPSA) is 39.1 Å². The number of halogens is 4. The zero-order chi connectivity index (χ0) is 20.6. The number of methoxy groups -OCH3 is 1. The van der Waals surface area contributed by atoms with Crippen molar-refractivity contribution in [2.75, 3.05) is 19.0 Å². The lowest BCUT2D eigenvalue weighted by atomic mass is 10.0. The first kappa shape index (κ1) is 19.6. The predicted octanol–water partition coefficient (Wildman–Crippen LogP) is 5.97. The monoisotopic (exact) mass is 421 g/mol. The summed E-state index contributed by atoms with van der Waals surface area (Å²) in [5.74, 6) is 1.32. The molecule has 0 unspecified atom stereocenters. The van der Waals surface area contributed by atoms with Gasteiger partial charge in [0.25, 0.3) is 0 Å². The highest BCUT2D eigenvalue weighted by Crippen LogP contribution is 2.40. The van der Waals surface area contributed by atoms with E-state index in [4.69, 9.17) is 16.3 Å². The van der Waals surface area contributed by atoms with E-state index in [9.17, 15) is 13.2 Å². The minimum absolute atomic E-state index is 0.188. The normalized spacial score (nSPS) is 14.1. The average Bonchev–Trinajstić information content (AvgIpc) is 2.88. The van der Waals surface area contributed by atoms with Crippen LogP contribution in [0.2, 0.25) is 5.02 Å². The predicted molar refractivity (Wildman–Crippen MR) is 107 cm³/mol. The van der Waals surface area contributed by atoms with Crippen LogP contribution in [-0.2, 0) is 12.6 Å². The summed E-state index contributed by atoms with van der Waals surface area (Å²) in [6, 6.07) is 10.7. The van der Waals surface area contributed by atoms with Crippen molar-refractivity contribution in [3.8, 4) is 22.7 Å². The van der Waals surface area contributed by atoms with E-state index in [2.05, 4.69) is 10.4 Å². The number of nitrogens with zero attached hydrogens (tertiary/aromatic N) is 2. The lowest BCUT2D eigenvalue weighted by Crippen LogP contribution is -2.10. The van der Waals surface area contributed by atoms with Crippen molar-refractivity contribution in [2.45, 2.75) is 25.4 Å². The number of benzene rings is 2. The Hall–Kier alpha value is -2.67. The van der Waals surface area contributed by atoms with E-state index in [-0.39, 0.29) is 10.7 Å². The SMILES string of the molecule is COc1ccccc1-c1nn(-c2cc(C(F)(F)F)ccc2Cl)c2c1CCCCN2. The zero-order valence-electron chi connectivity index (χ0n) is 15.7. The Bertz CT molecular complexity index is 1050. The first-order valence-electron chi connectivity index (χ1n) is 9.26. The number of rotatable bonds is 3. The quantitative estimate of drug-likeness (QED) is 0.566. The smallest absolute Gasteiger partial charge is 0.416 e. The van der Waals surface area contributed by atoms with E-state index in [1.807, 2.05) is 24.3 Å². The van der Waals surface area contributed by atoms with Gasteiger partial charge in [0.05, 0.1) is 23.4 Å². The van der Waals surface area contributed by atoms with Crippen LogP contribution in [0.3, 0.4) is 0 Å². The maximum absolute atomic E-state index is 13.3. The molecule has 8 heteroatoms. The minimum atomic E-state index is -4.47. The number of aromatic nitrogens is 2. The Labute approximate surface area is 171 Å². The fraction of sp³-hybridized carbons (Fsp3) is 0.286. The van der Waals surface area contributed by atoms with Crippen LogP contribution in [0.25, 0.3) is 16.9 Å². The summed E-state index contributed by atoms with van der Waals surface area (Å²) in [5.41, 5.74) is 1.83. The van der Waals surface area contributed by atoms with Gasteiger partial charge in [0.2, 0.25) is 0 Å². The molecule has 0 aliphatic carbocycles. The molecule has 3 aromatic rings. The van der Waals surface area contributed by atoms with Crippen molar-refractivity contribution in [2.24, 2.45) is 0 Å². The van der Waals surface area contributed by atoms with Gasteiger partial charge in [-0.15, -0.1) is 0 Å². The Morgan fingerprint density at radius 3 is 2.69 bits per heavy atom. The fourth-order valence-corrected chi connectivity index (χ4v) is 3.78. The second-order valence-electron chi connectivity index (χ2n) is 6.84. The molecule has 0 saturated carbocycles. The van der Waals surface area contributed by atoms with Crippen LogP contribution in [-0.4, -0.2) is 23.4 Å². The molecule has 0 bridgehead atoms. The molecule has 0 radical (unpaired) electrons. The lowest BCUT2D eigenvalue weighted by Gasteiger charge is -2.13. The summed E-state index contributed by atoms with van der Waals surface area (Å²) in [7, 11) is 1.58. The largest absolute Gasteiger partial charge is 0.496 e. The van der Waals surface area contributed by atoms with E-state index in [1.165, 1.54) is 10.7 Å². The van der Waals surface area contributed by atoms with Gasteiger partial charge in [-0.2, -0.15) is 18.3 Å². The number of hydrogen-bond donors (Lipinski definition) is 1. The van der Waals surface area contributed by atoms with Crippen LogP contribution in [0.1, 0.15) is 24.0 Å². The number of para-hydroxylation sites is 1. The molecule has 1 aromatic heterocycles. The average molecular weight is 422 g/mol. The first-order chi connectivity index (χ1) is 13.9. The second-order valence-corrected chi connectivity index (χ2v) is 7.24. The van der Waals surface area contributed by atoms with Gasteiger partial charge in [-0.25, -0.2) is 4.68 Å². The molecule has 4 nitrogen and oxygen atoms in total. The van der Waals surface area contributed by atoms with Gasteiger partial charge in [-0.05, 0) is 49.6 Å². The van der Waals surface area contributed by atoms with Gasteiger partial charge in [0.15, 0.2) is 0 Å². The van der Waals surface area contributed by atoms with Gasteiger partial charge >= 0.3 is 6.18 Å². The molecule has 0 saturated heterocycles. The summed E-state index contributed by atoms with van der Waals surface area (Å²) in [5, 5.41) is 8.21. The van der Waals surface area contributed by atoms with Crippen molar-refractivity contribution >= 4 is 17.4 Å². The molecule has 152 valence electrons. The summed E-state index contributed by atoms with van der Waals surface area (Å²) < 4.78 is 46.8. The van der Waals surface area contributed by atoms with Crippen molar-refractivity contribution in [3.05, 3.63) is 58.6 Å². The van der Waals surface area contributed by atoms with Gasteiger partial charge in [-0.1, -0.05) is 23.7 Å². The third kappa shape index (κ3) is 3.67. The molecule has 0 amide bonds. The van der Waals surface area contributed by atoms with Crippen LogP contribution >= 0.6 is 11.6 Å². The van der Waals surface area contributed by atoms with Crippen molar-refractivity contribution in [3.63, 3.8) is 0 Å². The lowest BCUT2D eigenvalue weighted by molar-refractivity contribution is -0.137. The second kappa shape index (κ2) is 7.63. The highest BCUT2D eigenvalue weighted by Gasteiger charge is 2.32. The van der Waals surface area contributed by atoms with Crippen molar-refractivity contribution in [1.29, 1.82) is 0 Å². The molecule has 0 spiro atoms. The number of anilines is 1. The maximum Gasteiger partial charge on any atom is 0.416 e. The number of ether oxygens (including phenoxy) is 1. The minimum Gasteiger partial charge on any atom is -0.496 e. The third-order valence-corrected chi connectivity index (χ3v) is 5.31. The summed E-state index contributed by atoms with van der Waals surface area (Å²) in [6.45, 7) is 0.709.